The van der Waals surface area contributed by atoms with Crippen molar-refractivity contribution in [2.75, 3.05) is 30.8 Å². The van der Waals surface area contributed by atoms with Crippen LogP contribution in [0.3, 0.4) is 0 Å². The lowest BCUT2D eigenvalue weighted by molar-refractivity contribution is 0.166. The van der Waals surface area contributed by atoms with Crippen molar-refractivity contribution in [1.82, 2.24) is 19.3 Å². The van der Waals surface area contributed by atoms with E-state index < -0.39 is 22.0 Å². The maximum Gasteiger partial charge on any atom is 0.214 e. The number of H-pyrrole nitrogens is 1. The quantitative estimate of drug-likeness (QED) is 0.744. The molecule has 3 heterocycles. The van der Waals surface area contributed by atoms with Crippen LogP contribution in [-0.4, -0.2) is 70.8 Å². The fourth-order valence-corrected chi connectivity index (χ4v) is 6.43. The summed E-state index contributed by atoms with van der Waals surface area (Å²) in [6, 6.07) is 4.26. The van der Waals surface area contributed by atoms with E-state index in [9.17, 15) is 13.5 Å². The highest BCUT2D eigenvalue weighted by molar-refractivity contribution is 7.89. The average molecular weight is 419 g/mol. The first kappa shape index (κ1) is 20.1. The number of anilines is 1. The Bertz CT molecular complexity index is 1010. The third-order valence-corrected chi connectivity index (χ3v) is 8.27. The van der Waals surface area contributed by atoms with Gasteiger partial charge in [-0.15, -0.1) is 0 Å². The first-order valence-electron chi connectivity index (χ1n) is 9.95. The molecule has 1 aliphatic carbocycles. The number of hydrogen-bond acceptors (Lipinski definition) is 7. The Labute approximate surface area is 170 Å². The predicted molar refractivity (Wildman–Crippen MR) is 109 cm³/mol. The van der Waals surface area contributed by atoms with E-state index in [4.69, 9.17) is 5.26 Å². The van der Waals surface area contributed by atoms with Gasteiger partial charge < -0.3 is 15.0 Å². The van der Waals surface area contributed by atoms with E-state index in [0.717, 1.165) is 42.5 Å². The molecular formula is C19H26N6O3S. The van der Waals surface area contributed by atoms with Gasteiger partial charge >= 0.3 is 0 Å². The summed E-state index contributed by atoms with van der Waals surface area (Å²) in [6.45, 7) is 0.122. The van der Waals surface area contributed by atoms with Gasteiger partial charge in [-0.3, -0.25) is 0 Å². The first-order valence-corrected chi connectivity index (χ1v) is 11.6. The normalized spacial score (nSPS) is 28.4. The number of aliphatic hydroxyl groups excluding tert-OH is 1. The van der Waals surface area contributed by atoms with Crippen molar-refractivity contribution in [3.63, 3.8) is 0 Å². The van der Waals surface area contributed by atoms with Gasteiger partial charge in [0.25, 0.3) is 0 Å². The van der Waals surface area contributed by atoms with E-state index in [2.05, 4.69) is 19.9 Å². The van der Waals surface area contributed by atoms with Gasteiger partial charge in [-0.1, -0.05) is 0 Å². The molecule has 2 fully saturated rings. The molecule has 4 rings (SSSR count). The molecule has 0 radical (unpaired) electrons. The molecule has 1 aliphatic heterocycles. The summed E-state index contributed by atoms with van der Waals surface area (Å²) in [7, 11) is -1.43. The van der Waals surface area contributed by atoms with Crippen molar-refractivity contribution in [3.8, 4) is 6.07 Å². The summed E-state index contributed by atoms with van der Waals surface area (Å²) in [5.41, 5.74) is 0.810. The van der Waals surface area contributed by atoms with Crippen molar-refractivity contribution in [2.45, 2.75) is 37.8 Å². The van der Waals surface area contributed by atoms with Crippen LogP contribution in [0.25, 0.3) is 11.0 Å². The summed E-state index contributed by atoms with van der Waals surface area (Å²) in [5.74, 6) is 0.443. The molecule has 0 unspecified atom stereocenters. The van der Waals surface area contributed by atoms with E-state index in [-0.39, 0.29) is 24.8 Å². The standard InChI is InChI=1S/C19H26N6O3S/c1-24(19-16-6-7-21-18(16)22-12-23-19)15-4-2-13(3-5-15)11-29(27,28)25-9-14(8-20)17(26)10-25/h6-7,12-15,17,26H,2-5,9-11H2,1H3,(H,21,22,23)/t13-,14-,15-,17-/m1/s1. The van der Waals surface area contributed by atoms with Crippen molar-refractivity contribution in [3.05, 3.63) is 18.6 Å². The Morgan fingerprint density at radius 3 is 2.76 bits per heavy atom. The second-order valence-electron chi connectivity index (χ2n) is 8.12. The van der Waals surface area contributed by atoms with Crippen LogP contribution < -0.4 is 4.90 Å². The van der Waals surface area contributed by atoms with Gasteiger partial charge in [0.05, 0.1) is 29.2 Å². The highest BCUT2D eigenvalue weighted by Gasteiger charge is 2.39. The number of aromatic amines is 1. The molecule has 0 amide bonds. The fourth-order valence-electron chi connectivity index (χ4n) is 4.52. The summed E-state index contributed by atoms with van der Waals surface area (Å²) in [4.78, 5) is 14.0. The molecule has 0 aromatic carbocycles. The lowest BCUT2D eigenvalue weighted by Gasteiger charge is -2.35. The van der Waals surface area contributed by atoms with Crippen molar-refractivity contribution in [1.29, 1.82) is 5.26 Å². The minimum atomic E-state index is -3.46. The Morgan fingerprint density at radius 1 is 1.31 bits per heavy atom. The summed E-state index contributed by atoms with van der Waals surface area (Å²) >= 11 is 0. The van der Waals surface area contributed by atoms with Gasteiger partial charge in [0, 0.05) is 32.4 Å². The second kappa shape index (κ2) is 7.89. The van der Waals surface area contributed by atoms with Crippen LogP contribution in [0.4, 0.5) is 5.82 Å². The maximum absolute atomic E-state index is 12.7. The molecule has 1 saturated carbocycles. The van der Waals surface area contributed by atoms with Crippen LogP contribution >= 0.6 is 0 Å². The number of nitrogens with one attached hydrogen (secondary N) is 1. The topological polar surface area (TPSA) is 126 Å². The number of hydrogen-bond donors (Lipinski definition) is 2. The lowest BCUT2D eigenvalue weighted by Crippen LogP contribution is -2.39. The van der Waals surface area contributed by atoms with E-state index in [1.165, 1.54) is 4.31 Å². The number of aromatic nitrogens is 3. The van der Waals surface area contributed by atoms with Crippen LogP contribution in [0.5, 0.6) is 0 Å². The van der Waals surface area contributed by atoms with Crippen molar-refractivity contribution >= 4 is 26.9 Å². The molecule has 29 heavy (non-hydrogen) atoms. The average Bonchev–Trinajstić information content (AvgIpc) is 3.34. The van der Waals surface area contributed by atoms with Crippen molar-refractivity contribution < 1.29 is 13.5 Å². The summed E-state index contributed by atoms with van der Waals surface area (Å²) < 4.78 is 26.8. The number of nitriles is 1. The molecule has 156 valence electrons. The van der Waals surface area contributed by atoms with Crippen molar-refractivity contribution in [2.24, 2.45) is 11.8 Å². The molecule has 0 spiro atoms. The minimum absolute atomic E-state index is 0.0268. The number of sulfonamides is 1. The Balaban J connectivity index is 1.36. The van der Waals surface area contributed by atoms with E-state index >= 15 is 0 Å². The molecule has 2 atom stereocenters. The molecule has 2 aliphatic rings. The maximum atomic E-state index is 12.7. The molecule has 0 bridgehead atoms. The lowest BCUT2D eigenvalue weighted by atomic mass is 9.86. The van der Waals surface area contributed by atoms with Crippen LogP contribution in [0.15, 0.2) is 18.6 Å². The molecular weight excluding hydrogens is 392 g/mol. The highest BCUT2D eigenvalue weighted by atomic mass is 32.2. The van der Waals surface area contributed by atoms with Gasteiger partial charge in [-0.05, 0) is 37.7 Å². The van der Waals surface area contributed by atoms with Gasteiger partial charge in [0.2, 0.25) is 10.0 Å². The molecule has 2 aromatic heterocycles. The van der Waals surface area contributed by atoms with Crippen LogP contribution in [0.1, 0.15) is 25.7 Å². The van der Waals surface area contributed by atoms with E-state index in [1.807, 2.05) is 25.4 Å². The number of fused-ring (bicyclic) bond motifs is 1. The largest absolute Gasteiger partial charge is 0.390 e. The third kappa shape index (κ3) is 3.95. The molecule has 9 nitrogen and oxygen atoms in total. The molecule has 10 heteroatoms. The number of rotatable bonds is 5. The smallest absolute Gasteiger partial charge is 0.214 e. The van der Waals surface area contributed by atoms with Gasteiger partial charge in [-0.2, -0.15) is 9.57 Å². The number of β-amino-alcohol motifs (C(OH)–C–C–N with tert-alkyl or cyclic N) is 1. The summed E-state index contributed by atoms with van der Waals surface area (Å²) in [5, 5.41) is 19.9. The molecule has 2 aromatic rings. The van der Waals surface area contributed by atoms with E-state index in [1.54, 1.807) is 6.33 Å². The SMILES string of the molecule is CN(c1ncnc2[nH]ccc12)[C@H]1CC[C@H](CS(=O)(=O)N2C[C@@H](O)[C@H](C#N)C2)CC1. The summed E-state index contributed by atoms with van der Waals surface area (Å²) in [6.07, 6.45) is 5.97. The second-order valence-corrected chi connectivity index (χ2v) is 10.1. The third-order valence-electron chi connectivity index (χ3n) is 6.29. The zero-order valence-electron chi connectivity index (χ0n) is 16.4. The van der Waals surface area contributed by atoms with Crippen LogP contribution in [0, 0.1) is 23.2 Å². The zero-order valence-corrected chi connectivity index (χ0v) is 17.2. The number of nitrogens with zero attached hydrogens (tertiary/aromatic N) is 5. The van der Waals surface area contributed by atoms with E-state index in [0.29, 0.717) is 6.04 Å². The van der Waals surface area contributed by atoms with Gasteiger partial charge in [-0.25, -0.2) is 18.4 Å². The van der Waals surface area contributed by atoms with Gasteiger partial charge in [0.1, 0.15) is 17.8 Å². The molecule has 1 saturated heterocycles. The monoisotopic (exact) mass is 418 g/mol. The Hall–Kier alpha value is -2.22. The highest BCUT2D eigenvalue weighted by Crippen LogP contribution is 2.33. The predicted octanol–water partition coefficient (Wildman–Crippen LogP) is 1.10. The van der Waals surface area contributed by atoms with Crippen LogP contribution in [0.2, 0.25) is 0 Å². The van der Waals surface area contributed by atoms with Gasteiger partial charge in [0.15, 0.2) is 0 Å². The van der Waals surface area contributed by atoms with Crippen LogP contribution in [-0.2, 0) is 10.0 Å². The Morgan fingerprint density at radius 2 is 2.07 bits per heavy atom. The first-order chi connectivity index (χ1) is 13.9. The molecule has 2 N–H and O–H groups in total. The minimum Gasteiger partial charge on any atom is -0.390 e. The Kier molecular flexibility index (Phi) is 5.46. The zero-order chi connectivity index (χ0) is 20.6. The fraction of sp³-hybridized carbons (Fsp3) is 0.632. The number of aliphatic hydroxyl groups is 1.